The van der Waals surface area contributed by atoms with Gasteiger partial charge in [-0.15, -0.1) is 0 Å². The molecule has 12 heteroatoms. The summed E-state index contributed by atoms with van der Waals surface area (Å²) in [6.07, 6.45) is 0.575. The molecule has 3 N–H and O–H groups in total. The van der Waals surface area contributed by atoms with E-state index in [1.54, 1.807) is 66.7 Å². The number of nitrogens with two attached hydrogens (primary N) is 1. The van der Waals surface area contributed by atoms with Crippen LogP contribution in [0, 0.1) is 0 Å². The van der Waals surface area contributed by atoms with Crippen LogP contribution in [0.5, 0.6) is 0 Å². The lowest BCUT2D eigenvalue weighted by Gasteiger charge is -2.39. The van der Waals surface area contributed by atoms with Crippen molar-refractivity contribution in [3.05, 3.63) is 107 Å². The number of aliphatic hydroxyl groups is 1. The minimum Gasteiger partial charge on any atom is -0.451 e. The van der Waals surface area contributed by atoms with Gasteiger partial charge in [0, 0.05) is 6.20 Å². The highest BCUT2D eigenvalue weighted by molar-refractivity contribution is 7.94. The summed E-state index contributed by atoms with van der Waals surface area (Å²) in [6.45, 7) is 0.170. The Morgan fingerprint density at radius 2 is 1.71 bits per heavy atom. The number of hydrogen-bond acceptors (Lipinski definition) is 9. The van der Waals surface area contributed by atoms with E-state index in [0.29, 0.717) is 16.7 Å². The van der Waals surface area contributed by atoms with Crippen LogP contribution in [0.3, 0.4) is 0 Å². The zero-order chi connectivity index (χ0) is 29.4. The molecular weight excluding hydrogens is 550 g/mol. The van der Waals surface area contributed by atoms with Gasteiger partial charge in [0.2, 0.25) is 0 Å². The smallest absolute Gasteiger partial charge is 0.404 e. The highest BCUT2D eigenvalue weighted by Crippen LogP contribution is 2.50. The van der Waals surface area contributed by atoms with Crippen LogP contribution in [-0.4, -0.2) is 64.1 Å². The van der Waals surface area contributed by atoms with Crippen molar-refractivity contribution in [3.8, 4) is 0 Å². The average Bonchev–Trinajstić information content (AvgIpc) is 3.14. The fourth-order valence-corrected chi connectivity index (χ4v) is 7.46. The zero-order valence-electron chi connectivity index (χ0n) is 21.9. The van der Waals surface area contributed by atoms with E-state index in [9.17, 15) is 27.9 Å². The van der Waals surface area contributed by atoms with Gasteiger partial charge in [0.15, 0.2) is 27.4 Å². The number of fused-ring (bicyclic) bond motifs is 1. The van der Waals surface area contributed by atoms with Gasteiger partial charge in [-0.1, -0.05) is 60.7 Å². The van der Waals surface area contributed by atoms with Gasteiger partial charge in [-0.25, -0.2) is 18.0 Å². The van der Waals surface area contributed by atoms with Gasteiger partial charge in [0.05, 0.1) is 17.9 Å². The number of nitrogens with zero attached hydrogens (tertiary/aromatic N) is 2. The Morgan fingerprint density at radius 3 is 2.27 bits per heavy atom. The predicted molar refractivity (Wildman–Crippen MR) is 146 cm³/mol. The number of carbonyl (C=O) groups is 3. The largest absolute Gasteiger partial charge is 0.451 e. The van der Waals surface area contributed by atoms with Gasteiger partial charge in [-0.2, -0.15) is 0 Å². The summed E-state index contributed by atoms with van der Waals surface area (Å²) in [5, 5.41) is 7.92. The molecule has 3 atom stereocenters. The molecule has 0 saturated carbocycles. The molecule has 2 aliphatic heterocycles. The molecule has 2 saturated heterocycles. The molecule has 2 aromatic carbocycles. The number of ether oxygens (including phenoxy) is 2. The molecule has 3 aromatic rings. The number of carbonyl (C=O) groups excluding carboxylic acids is 3. The van der Waals surface area contributed by atoms with Crippen molar-refractivity contribution in [2.45, 2.75) is 35.8 Å². The lowest BCUT2D eigenvalue weighted by Crippen LogP contribution is -2.60. The first-order valence-corrected chi connectivity index (χ1v) is 14.2. The first-order chi connectivity index (χ1) is 19.6. The van der Waals surface area contributed by atoms with Crippen LogP contribution in [0.4, 0.5) is 4.79 Å². The van der Waals surface area contributed by atoms with E-state index in [1.165, 1.54) is 25.3 Å². The Hall–Kier alpha value is -4.55. The number of pyridine rings is 1. The second-order valence-corrected chi connectivity index (χ2v) is 12.4. The highest BCUT2D eigenvalue weighted by Gasteiger charge is 2.73. The number of esters is 1. The van der Waals surface area contributed by atoms with Crippen LogP contribution in [0.15, 0.2) is 84.6 Å². The topological polar surface area (TPSA) is 166 Å². The van der Waals surface area contributed by atoms with E-state index < -0.39 is 56.7 Å². The molecule has 11 nitrogen and oxygen atoms in total. The summed E-state index contributed by atoms with van der Waals surface area (Å²) < 4.78 is 36.7. The molecule has 0 bridgehead atoms. The second kappa shape index (κ2) is 10.8. The van der Waals surface area contributed by atoms with Crippen molar-refractivity contribution >= 4 is 33.9 Å². The SMILES string of the molecule is C[C@]1(COC(N)=O)[C@H](C(=O)OC(c2ccccc2)c2ccccc2)N2C(=O)C(=Cc3cc(CO)ccn3)[C@H]2S1(=O)=O. The Morgan fingerprint density at radius 1 is 1.10 bits per heavy atom. The Balaban J connectivity index is 1.56. The van der Waals surface area contributed by atoms with Gasteiger partial charge in [-0.05, 0) is 41.8 Å². The molecule has 5 rings (SSSR count). The monoisotopic (exact) mass is 577 g/mol. The van der Waals surface area contributed by atoms with E-state index in [-0.39, 0.29) is 17.9 Å². The summed E-state index contributed by atoms with van der Waals surface area (Å²) in [5.74, 6) is -1.70. The summed E-state index contributed by atoms with van der Waals surface area (Å²) in [6, 6.07) is 19.2. The van der Waals surface area contributed by atoms with Gasteiger partial charge in [0.25, 0.3) is 5.91 Å². The van der Waals surface area contributed by atoms with Gasteiger partial charge in [0.1, 0.15) is 11.4 Å². The van der Waals surface area contributed by atoms with Crippen LogP contribution in [0.25, 0.3) is 6.08 Å². The van der Waals surface area contributed by atoms with E-state index >= 15 is 0 Å². The number of aromatic nitrogens is 1. The minimum absolute atomic E-state index is 0.115. The molecule has 2 fully saturated rings. The molecular formula is C29H27N3O8S. The maximum absolute atomic E-state index is 14.0. The number of amides is 2. The summed E-state index contributed by atoms with van der Waals surface area (Å²) >= 11 is 0. The van der Waals surface area contributed by atoms with E-state index in [0.717, 1.165) is 4.90 Å². The molecule has 1 aromatic heterocycles. The summed E-state index contributed by atoms with van der Waals surface area (Å²) in [5.41, 5.74) is 7.06. The van der Waals surface area contributed by atoms with Crippen LogP contribution in [-0.2, 0) is 35.5 Å². The van der Waals surface area contributed by atoms with E-state index in [1.807, 2.05) is 0 Å². The highest BCUT2D eigenvalue weighted by atomic mass is 32.2. The average molecular weight is 578 g/mol. The maximum atomic E-state index is 14.0. The zero-order valence-corrected chi connectivity index (χ0v) is 22.7. The molecule has 2 amide bonds. The van der Waals surface area contributed by atoms with Crippen LogP contribution >= 0.6 is 0 Å². The van der Waals surface area contributed by atoms with Crippen molar-refractivity contribution in [1.29, 1.82) is 0 Å². The van der Waals surface area contributed by atoms with Crippen molar-refractivity contribution in [3.63, 3.8) is 0 Å². The predicted octanol–water partition coefficient (Wildman–Crippen LogP) is 2.11. The molecule has 3 heterocycles. The number of β-lactam (4-membered cyclic amide) rings is 1. The first kappa shape index (κ1) is 28.0. The number of rotatable bonds is 8. The lowest BCUT2D eigenvalue weighted by molar-refractivity contribution is -0.161. The van der Waals surface area contributed by atoms with Crippen molar-refractivity contribution in [1.82, 2.24) is 9.88 Å². The minimum atomic E-state index is -4.37. The summed E-state index contributed by atoms with van der Waals surface area (Å²) in [7, 11) is -4.37. The molecule has 2 aliphatic rings. The van der Waals surface area contributed by atoms with Gasteiger partial charge in [-0.3, -0.25) is 9.78 Å². The lowest BCUT2D eigenvalue weighted by atomic mass is 9.93. The Kier molecular flexibility index (Phi) is 7.37. The van der Waals surface area contributed by atoms with Crippen LogP contribution < -0.4 is 5.73 Å². The van der Waals surface area contributed by atoms with Gasteiger partial charge < -0.3 is 25.2 Å². The third kappa shape index (κ3) is 4.85. The van der Waals surface area contributed by atoms with E-state index in [4.69, 9.17) is 15.2 Å². The molecule has 0 spiro atoms. The van der Waals surface area contributed by atoms with Crippen molar-refractivity contribution < 1.29 is 37.4 Å². The molecule has 0 unspecified atom stereocenters. The molecule has 41 heavy (non-hydrogen) atoms. The first-order valence-electron chi connectivity index (χ1n) is 12.6. The second-order valence-electron chi connectivity index (χ2n) is 9.92. The number of primary amides is 1. The summed E-state index contributed by atoms with van der Waals surface area (Å²) in [4.78, 5) is 43.9. The Bertz CT molecular complexity index is 1590. The molecule has 0 aliphatic carbocycles. The fourth-order valence-electron chi connectivity index (χ4n) is 5.19. The van der Waals surface area contributed by atoms with Gasteiger partial charge >= 0.3 is 12.1 Å². The number of aliphatic hydroxyl groups excluding tert-OH is 1. The normalized spacial score (nSPS) is 23.6. The molecule has 212 valence electrons. The Labute approximate surface area is 236 Å². The fraction of sp³-hybridized carbons (Fsp3) is 0.241. The number of hydrogen-bond donors (Lipinski definition) is 2. The number of sulfone groups is 1. The quantitative estimate of drug-likeness (QED) is 0.232. The standard InChI is InChI=1S/C29H27N3O8S/c1-29(17-39-28(30)36)24(27(35)40-23(19-8-4-2-5-9-19)20-10-6-3-7-11-20)32-25(34)22(26(32)41(29,37)38)15-21-14-18(16-33)12-13-31-21/h2-15,23-24,26,33H,16-17H2,1H3,(H2,30,36)/t24-,26+,29-/m0/s1. The molecule has 0 radical (unpaired) electrons. The van der Waals surface area contributed by atoms with Crippen LogP contribution in [0.1, 0.15) is 35.4 Å². The van der Waals surface area contributed by atoms with Crippen molar-refractivity contribution in [2.75, 3.05) is 6.61 Å². The number of benzene rings is 2. The van der Waals surface area contributed by atoms with Crippen LogP contribution in [0.2, 0.25) is 0 Å². The maximum Gasteiger partial charge on any atom is 0.404 e. The van der Waals surface area contributed by atoms with E-state index in [2.05, 4.69) is 4.98 Å². The third-order valence-corrected chi connectivity index (χ3v) is 10.0. The van der Waals surface area contributed by atoms with Crippen molar-refractivity contribution in [2.24, 2.45) is 5.73 Å². The third-order valence-electron chi connectivity index (χ3n) is 7.30.